The molecule has 0 spiro atoms. The largest absolute Gasteiger partial charge is 0.454 e. The predicted octanol–water partition coefficient (Wildman–Crippen LogP) is 5.49. The van der Waals surface area contributed by atoms with Crippen LogP contribution in [0, 0.1) is 0 Å². The van der Waals surface area contributed by atoms with Gasteiger partial charge in [-0.2, -0.15) is 0 Å². The summed E-state index contributed by atoms with van der Waals surface area (Å²) in [6.45, 7) is 0. The molecule has 6 heteroatoms. The highest BCUT2D eigenvalue weighted by atomic mass is 35.5. The third-order valence-corrected chi connectivity index (χ3v) is 4.36. The minimum atomic E-state index is -0.557. The molecule has 4 rings (SSSR count). The number of hydrogen-bond donors (Lipinski definition) is 1. The molecule has 0 atom stereocenters. The zero-order valence-electron chi connectivity index (χ0n) is 14.5. The van der Waals surface area contributed by atoms with Crippen molar-refractivity contribution in [3.63, 3.8) is 0 Å². The molecule has 0 unspecified atom stereocenters. The average molecular weight is 392 g/mol. The van der Waals surface area contributed by atoms with Crippen LogP contribution in [0.1, 0.15) is 10.6 Å². The summed E-state index contributed by atoms with van der Waals surface area (Å²) in [6, 6.07) is 21.9. The van der Waals surface area contributed by atoms with E-state index < -0.39 is 5.91 Å². The molecule has 0 fully saturated rings. The molecular weight excluding hydrogens is 378 g/mol. The number of ether oxygens (including phenoxy) is 1. The quantitative estimate of drug-likeness (QED) is 0.499. The number of hydrogen-bond acceptors (Lipinski definition) is 4. The molecule has 3 aromatic carbocycles. The van der Waals surface area contributed by atoms with Gasteiger partial charge in [0.1, 0.15) is 11.3 Å². The second-order valence-electron chi connectivity index (χ2n) is 5.95. The Balaban J connectivity index is 1.64. The van der Waals surface area contributed by atoms with Crippen LogP contribution in [-0.2, 0) is 0 Å². The highest BCUT2D eigenvalue weighted by Crippen LogP contribution is 2.33. The van der Waals surface area contributed by atoms with Crippen molar-refractivity contribution in [1.82, 2.24) is 0 Å². The number of rotatable bonds is 4. The Bertz CT molecular complexity index is 1230. The smallest absolute Gasteiger partial charge is 0.291 e. The zero-order chi connectivity index (χ0) is 19.5. The van der Waals surface area contributed by atoms with E-state index in [1.807, 2.05) is 0 Å². The third-order valence-electron chi connectivity index (χ3n) is 4.05. The molecule has 0 aliphatic carbocycles. The fourth-order valence-corrected chi connectivity index (χ4v) is 2.88. The van der Waals surface area contributed by atoms with Crippen LogP contribution in [0.2, 0.25) is 5.02 Å². The van der Waals surface area contributed by atoms with Gasteiger partial charge in [-0.15, -0.1) is 0 Å². The van der Waals surface area contributed by atoms with Gasteiger partial charge in [0, 0.05) is 6.07 Å². The number of para-hydroxylation sites is 4. The summed E-state index contributed by atoms with van der Waals surface area (Å²) in [5, 5.41) is 3.59. The fraction of sp³-hybridized carbons (Fsp3) is 0. The van der Waals surface area contributed by atoms with E-state index in [1.165, 1.54) is 6.07 Å². The van der Waals surface area contributed by atoms with E-state index in [4.69, 9.17) is 20.8 Å². The zero-order valence-corrected chi connectivity index (χ0v) is 15.3. The SMILES string of the molecule is O=C(Nc1ccccc1Oc1ccccc1Cl)c1cc(=O)c2ccccc2o1. The molecular formula is C22H14ClNO4. The van der Waals surface area contributed by atoms with Crippen molar-refractivity contribution in [1.29, 1.82) is 0 Å². The number of nitrogens with one attached hydrogen (secondary N) is 1. The lowest BCUT2D eigenvalue weighted by molar-refractivity contribution is 0.0997. The highest BCUT2D eigenvalue weighted by molar-refractivity contribution is 6.32. The van der Waals surface area contributed by atoms with Crippen molar-refractivity contribution in [2.75, 3.05) is 5.32 Å². The van der Waals surface area contributed by atoms with Crippen LogP contribution in [0.15, 0.2) is 88.1 Å². The summed E-state index contributed by atoms with van der Waals surface area (Å²) in [7, 11) is 0. The van der Waals surface area contributed by atoms with Gasteiger partial charge >= 0.3 is 0 Å². The van der Waals surface area contributed by atoms with Crippen molar-refractivity contribution in [2.24, 2.45) is 0 Å². The third kappa shape index (κ3) is 3.61. The maximum atomic E-state index is 12.7. The Labute approximate surface area is 165 Å². The number of halogens is 1. The normalized spacial score (nSPS) is 10.6. The monoisotopic (exact) mass is 391 g/mol. The summed E-state index contributed by atoms with van der Waals surface area (Å²) in [5.74, 6) is 0.226. The fourth-order valence-electron chi connectivity index (χ4n) is 2.70. The number of fused-ring (bicyclic) bond motifs is 1. The second kappa shape index (κ2) is 7.58. The van der Waals surface area contributed by atoms with Gasteiger partial charge < -0.3 is 14.5 Å². The second-order valence-corrected chi connectivity index (χ2v) is 6.36. The van der Waals surface area contributed by atoms with Crippen LogP contribution in [0.5, 0.6) is 11.5 Å². The molecule has 0 aliphatic heterocycles. The first kappa shape index (κ1) is 17.8. The first-order valence-electron chi connectivity index (χ1n) is 8.47. The van der Waals surface area contributed by atoms with E-state index in [0.717, 1.165) is 0 Å². The number of amides is 1. The summed E-state index contributed by atoms with van der Waals surface area (Å²) in [6.07, 6.45) is 0. The molecule has 0 bridgehead atoms. The Morgan fingerprint density at radius 2 is 1.57 bits per heavy atom. The Morgan fingerprint density at radius 3 is 2.39 bits per heavy atom. The van der Waals surface area contributed by atoms with E-state index in [9.17, 15) is 9.59 Å². The van der Waals surface area contributed by atoms with Crippen molar-refractivity contribution in [2.45, 2.75) is 0 Å². The van der Waals surface area contributed by atoms with E-state index in [-0.39, 0.29) is 11.2 Å². The van der Waals surface area contributed by atoms with E-state index in [0.29, 0.717) is 33.2 Å². The summed E-state index contributed by atoms with van der Waals surface area (Å²) in [4.78, 5) is 24.9. The van der Waals surface area contributed by atoms with Gasteiger partial charge in [-0.1, -0.05) is 48.0 Å². The van der Waals surface area contributed by atoms with Gasteiger partial charge in [0.15, 0.2) is 16.9 Å². The summed E-state index contributed by atoms with van der Waals surface area (Å²) >= 11 is 6.14. The topological polar surface area (TPSA) is 68.5 Å². The first-order chi connectivity index (χ1) is 13.6. The van der Waals surface area contributed by atoms with Crippen molar-refractivity contribution in [3.8, 4) is 11.5 Å². The van der Waals surface area contributed by atoms with Crippen molar-refractivity contribution in [3.05, 3.63) is 99.9 Å². The molecule has 0 aliphatic rings. The lowest BCUT2D eigenvalue weighted by atomic mass is 10.2. The molecule has 1 N–H and O–H groups in total. The Kier molecular flexibility index (Phi) is 4.83. The number of carbonyl (C=O) groups excluding carboxylic acids is 1. The van der Waals surface area contributed by atoms with Gasteiger partial charge in [0.05, 0.1) is 16.1 Å². The first-order valence-corrected chi connectivity index (χ1v) is 8.85. The lowest BCUT2D eigenvalue weighted by Gasteiger charge is -2.13. The highest BCUT2D eigenvalue weighted by Gasteiger charge is 2.15. The van der Waals surface area contributed by atoms with Gasteiger partial charge in [-0.05, 0) is 36.4 Å². The number of carbonyl (C=O) groups is 1. The lowest BCUT2D eigenvalue weighted by Crippen LogP contribution is -2.15. The van der Waals surface area contributed by atoms with E-state index in [2.05, 4.69) is 5.32 Å². The van der Waals surface area contributed by atoms with E-state index in [1.54, 1.807) is 72.8 Å². The predicted molar refractivity (Wildman–Crippen MR) is 108 cm³/mol. The van der Waals surface area contributed by atoms with Crippen LogP contribution in [0.3, 0.4) is 0 Å². The minimum Gasteiger partial charge on any atom is -0.454 e. The van der Waals surface area contributed by atoms with Gasteiger partial charge in [-0.3, -0.25) is 9.59 Å². The molecule has 5 nitrogen and oxygen atoms in total. The Morgan fingerprint density at radius 1 is 0.893 bits per heavy atom. The van der Waals surface area contributed by atoms with Gasteiger partial charge in [0.2, 0.25) is 0 Å². The maximum Gasteiger partial charge on any atom is 0.291 e. The molecule has 0 saturated heterocycles. The van der Waals surface area contributed by atoms with Crippen LogP contribution >= 0.6 is 11.6 Å². The summed E-state index contributed by atoms with van der Waals surface area (Å²) in [5.41, 5.74) is 0.483. The van der Waals surface area contributed by atoms with Gasteiger partial charge in [-0.25, -0.2) is 0 Å². The molecule has 1 amide bonds. The Hall–Kier alpha value is -3.57. The molecule has 1 aromatic heterocycles. The molecule has 0 saturated carbocycles. The molecule has 0 radical (unpaired) electrons. The molecule has 4 aromatic rings. The van der Waals surface area contributed by atoms with Crippen LogP contribution in [0.25, 0.3) is 11.0 Å². The molecule has 138 valence electrons. The van der Waals surface area contributed by atoms with E-state index >= 15 is 0 Å². The minimum absolute atomic E-state index is 0.0868. The number of anilines is 1. The standard InChI is InChI=1S/C22H14ClNO4/c23-15-8-2-5-11-19(15)28-20-12-6-3-9-16(20)24-22(26)21-13-17(25)14-7-1-4-10-18(14)27-21/h1-13H,(H,24,26). The summed E-state index contributed by atoms with van der Waals surface area (Å²) < 4.78 is 11.4. The molecule has 1 heterocycles. The van der Waals surface area contributed by atoms with Crippen LogP contribution < -0.4 is 15.5 Å². The van der Waals surface area contributed by atoms with Crippen molar-refractivity contribution >= 4 is 34.2 Å². The average Bonchev–Trinajstić information content (AvgIpc) is 2.71. The van der Waals surface area contributed by atoms with Crippen LogP contribution in [0.4, 0.5) is 5.69 Å². The van der Waals surface area contributed by atoms with Crippen LogP contribution in [-0.4, -0.2) is 5.91 Å². The van der Waals surface area contributed by atoms with Crippen molar-refractivity contribution < 1.29 is 13.9 Å². The maximum absolute atomic E-state index is 12.7. The van der Waals surface area contributed by atoms with Gasteiger partial charge in [0.25, 0.3) is 5.91 Å². The molecule has 28 heavy (non-hydrogen) atoms. The number of benzene rings is 3.